The molecule has 0 atom stereocenters. The van der Waals surface area contributed by atoms with E-state index in [1.54, 1.807) is 18.2 Å². The van der Waals surface area contributed by atoms with Crippen molar-refractivity contribution >= 4 is 34.6 Å². The van der Waals surface area contributed by atoms with Crippen LogP contribution < -0.4 is 16.0 Å². The predicted octanol–water partition coefficient (Wildman–Crippen LogP) is 3.55. The van der Waals surface area contributed by atoms with E-state index in [0.29, 0.717) is 22.0 Å². The summed E-state index contributed by atoms with van der Waals surface area (Å²) in [5.74, 6) is -0.237. The topological polar surface area (TPSA) is 58.4 Å². The first-order valence-corrected chi connectivity index (χ1v) is 6.90. The molecule has 0 radical (unpaired) electrons. The lowest BCUT2D eigenvalue weighted by molar-refractivity contribution is 0.102. The van der Waals surface area contributed by atoms with E-state index in [9.17, 15) is 4.79 Å². The Morgan fingerprint density at radius 3 is 2.57 bits per heavy atom. The van der Waals surface area contributed by atoms with Gasteiger partial charge in [0, 0.05) is 25.5 Å². The number of amides is 1. The smallest absolute Gasteiger partial charge is 0.257 e. The summed E-state index contributed by atoms with van der Waals surface area (Å²) < 4.78 is 0. The number of halogens is 1. The van der Waals surface area contributed by atoms with E-state index in [1.807, 2.05) is 44.1 Å². The maximum absolute atomic E-state index is 12.5. The minimum atomic E-state index is -0.237. The highest BCUT2D eigenvalue weighted by Gasteiger charge is 2.15. The van der Waals surface area contributed by atoms with Gasteiger partial charge in [-0.05, 0) is 42.8 Å². The fourth-order valence-corrected chi connectivity index (χ4v) is 2.21. The first-order valence-electron chi connectivity index (χ1n) is 6.53. The van der Waals surface area contributed by atoms with Crippen molar-refractivity contribution < 1.29 is 4.79 Å². The van der Waals surface area contributed by atoms with Gasteiger partial charge in [0.2, 0.25) is 0 Å². The monoisotopic (exact) mass is 303 g/mol. The van der Waals surface area contributed by atoms with Crippen molar-refractivity contribution in [3.05, 3.63) is 52.5 Å². The Kier molecular flexibility index (Phi) is 4.38. The third kappa shape index (κ3) is 3.47. The van der Waals surface area contributed by atoms with Gasteiger partial charge in [0.25, 0.3) is 5.91 Å². The molecule has 1 amide bonds. The van der Waals surface area contributed by atoms with Crippen LogP contribution in [0.15, 0.2) is 36.4 Å². The van der Waals surface area contributed by atoms with Crippen molar-refractivity contribution in [2.75, 3.05) is 30.0 Å². The lowest BCUT2D eigenvalue weighted by Crippen LogP contribution is -2.19. The van der Waals surface area contributed by atoms with E-state index in [0.717, 1.165) is 11.3 Å². The van der Waals surface area contributed by atoms with Gasteiger partial charge in [0.15, 0.2) is 0 Å². The molecule has 0 aliphatic rings. The lowest BCUT2D eigenvalue weighted by atomic mass is 10.1. The van der Waals surface area contributed by atoms with Gasteiger partial charge in [-0.1, -0.05) is 17.7 Å². The maximum atomic E-state index is 12.5. The Labute approximate surface area is 129 Å². The third-order valence-corrected chi connectivity index (χ3v) is 3.45. The minimum Gasteiger partial charge on any atom is -0.399 e. The van der Waals surface area contributed by atoms with E-state index in [-0.39, 0.29) is 5.91 Å². The van der Waals surface area contributed by atoms with E-state index in [4.69, 9.17) is 17.3 Å². The summed E-state index contributed by atoms with van der Waals surface area (Å²) in [5.41, 5.74) is 9.25. The summed E-state index contributed by atoms with van der Waals surface area (Å²) in [6, 6.07) is 10.7. The number of nitrogens with two attached hydrogens (primary N) is 1. The van der Waals surface area contributed by atoms with Gasteiger partial charge in [-0.3, -0.25) is 4.79 Å². The predicted molar refractivity (Wildman–Crippen MR) is 89.3 cm³/mol. The van der Waals surface area contributed by atoms with Crippen LogP contribution in [0.2, 0.25) is 5.02 Å². The molecule has 0 aliphatic carbocycles. The molecule has 0 heterocycles. The Bertz CT molecular complexity index is 683. The molecule has 0 fully saturated rings. The zero-order chi connectivity index (χ0) is 15.6. The summed E-state index contributed by atoms with van der Waals surface area (Å²) in [7, 11) is 3.75. The zero-order valence-electron chi connectivity index (χ0n) is 12.3. The molecule has 0 aromatic heterocycles. The molecule has 0 bridgehead atoms. The highest BCUT2D eigenvalue weighted by Crippen LogP contribution is 2.26. The molecule has 3 N–H and O–H groups in total. The standard InChI is InChI=1S/C16H18ClN3O/c1-10-4-6-13(17)14(8-10)19-16(21)12-9-11(18)5-7-15(12)20(2)3/h4-9H,18H2,1-3H3,(H,19,21). The number of nitrogens with zero attached hydrogens (tertiary/aromatic N) is 1. The van der Waals surface area contributed by atoms with Crippen LogP contribution in [0.4, 0.5) is 17.1 Å². The number of rotatable bonds is 3. The fraction of sp³-hybridized carbons (Fsp3) is 0.188. The van der Waals surface area contributed by atoms with Crippen LogP contribution in [0, 0.1) is 6.92 Å². The van der Waals surface area contributed by atoms with Crippen LogP contribution in [0.25, 0.3) is 0 Å². The number of carbonyl (C=O) groups excluding carboxylic acids is 1. The quantitative estimate of drug-likeness (QED) is 0.853. The molecule has 0 aliphatic heterocycles. The van der Waals surface area contributed by atoms with Crippen molar-refractivity contribution in [2.24, 2.45) is 0 Å². The van der Waals surface area contributed by atoms with E-state index in [2.05, 4.69) is 5.32 Å². The SMILES string of the molecule is Cc1ccc(Cl)c(NC(=O)c2cc(N)ccc2N(C)C)c1. The first kappa shape index (κ1) is 15.2. The number of aryl methyl sites for hydroxylation is 1. The number of nitrogens with one attached hydrogen (secondary N) is 1. The summed E-state index contributed by atoms with van der Waals surface area (Å²) >= 11 is 6.11. The lowest BCUT2D eigenvalue weighted by Gasteiger charge is -2.18. The van der Waals surface area contributed by atoms with Gasteiger partial charge in [0.05, 0.1) is 16.3 Å². The highest BCUT2D eigenvalue weighted by molar-refractivity contribution is 6.34. The Hall–Kier alpha value is -2.20. The van der Waals surface area contributed by atoms with Gasteiger partial charge in [-0.25, -0.2) is 0 Å². The summed E-state index contributed by atoms with van der Waals surface area (Å²) in [4.78, 5) is 14.4. The van der Waals surface area contributed by atoms with Crippen LogP contribution >= 0.6 is 11.6 Å². The molecule has 110 valence electrons. The van der Waals surface area contributed by atoms with Crippen molar-refractivity contribution in [3.63, 3.8) is 0 Å². The second kappa shape index (κ2) is 6.06. The molecule has 2 aromatic rings. The van der Waals surface area contributed by atoms with Crippen molar-refractivity contribution in [1.82, 2.24) is 0 Å². The van der Waals surface area contributed by atoms with Gasteiger partial charge >= 0.3 is 0 Å². The van der Waals surface area contributed by atoms with Crippen LogP contribution in [-0.4, -0.2) is 20.0 Å². The molecule has 0 spiro atoms. The number of carbonyl (C=O) groups is 1. The van der Waals surface area contributed by atoms with E-state index >= 15 is 0 Å². The second-order valence-electron chi connectivity index (χ2n) is 5.11. The molecular formula is C16H18ClN3O. The van der Waals surface area contributed by atoms with Gasteiger partial charge < -0.3 is 16.0 Å². The molecule has 2 aromatic carbocycles. The molecule has 2 rings (SSSR count). The number of hydrogen-bond acceptors (Lipinski definition) is 3. The van der Waals surface area contributed by atoms with Crippen molar-refractivity contribution in [3.8, 4) is 0 Å². The molecule has 0 saturated carbocycles. The number of hydrogen-bond donors (Lipinski definition) is 2. The van der Waals surface area contributed by atoms with E-state index in [1.165, 1.54) is 0 Å². The van der Waals surface area contributed by atoms with E-state index < -0.39 is 0 Å². The molecular weight excluding hydrogens is 286 g/mol. The molecule has 5 heteroatoms. The Morgan fingerprint density at radius 1 is 1.19 bits per heavy atom. The third-order valence-electron chi connectivity index (χ3n) is 3.12. The van der Waals surface area contributed by atoms with Crippen LogP contribution in [0.3, 0.4) is 0 Å². The summed E-state index contributed by atoms with van der Waals surface area (Å²) in [5, 5.41) is 3.34. The van der Waals surface area contributed by atoms with Gasteiger partial charge in [-0.2, -0.15) is 0 Å². The number of nitrogen functional groups attached to an aromatic ring is 1. The average Bonchev–Trinajstić information content (AvgIpc) is 2.42. The minimum absolute atomic E-state index is 0.237. The zero-order valence-corrected chi connectivity index (χ0v) is 13.0. The molecule has 0 saturated heterocycles. The first-order chi connectivity index (χ1) is 9.88. The van der Waals surface area contributed by atoms with Gasteiger partial charge in [0.1, 0.15) is 0 Å². The number of anilines is 3. The molecule has 4 nitrogen and oxygen atoms in total. The Morgan fingerprint density at radius 2 is 1.90 bits per heavy atom. The summed E-state index contributed by atoms with van der Waals surface area (Å²) in [6.07, 6.45) is 0. The highest BCUT2D eigenvalue weighted by atomic mass is 35.5. The van der Waals surface area contributed by atoms with Crippen LogP contribution in [-0.2, 0) is 0 Å². The maximum Gasteiger partial charge on any atom is 0.257 e. The van der Waals surface area contributed by atoms with Crippen molar-refractivity contribution in [2.45, 2.75) is 6.92 Å². The van der Waals surface area contributed by atoms with Gasteiger partial charge in [-0.15, -0.1) is 0 Å². The van der Waals surface area contributed by atoms with Crippen LogP contribution in [0.5, 0.6) is 0 Å². The largest absolute Gasteiger partial charge is 0.399 e. The Balaban J connectivity index is 2.36. The summed E-state index contributed by atoms with van der Waals surface area (Å²) in [6.45, 7) is 1.94. The molecule has 0 unspecified atom stereocenters. The normalized spacial score (nSPS) is 10.3. The fourth-order valence-electron chi connectivity index (χ4n) is 2.05. The number of benzene rings is 2. The van der Waals surface area contributed by atoms with Crippen LogP contribution in [0.1, 0.15) is 15.9 Å². The van der Waals surface area contributed by atoms with Crippen molar-refractivity contribution in [1.29, 1.82) is 0 Å². The second-order valence-corrected chi connectivity index (χ2v) is 5.52. The molecule has 21 heavy (non-hydrogen) atoms. The average molecular weight is 304 g/mol.